The lowest BCUT2D eigenvalue weighted by atomic mass is 9.92. The predicted molar refractivity (Wildman–Crippen MR) is 100 cm³/mol. The van der Waals surface area contributed by atoms with Crippen molar-refractivity contribution in [3.63, 3.8) is 0 Å². The number of amides is 1. The highest BCUT2D eigenvalue weighted by atomic mass is 32.1. The fraction of sp³-hybridized carbons (Fsp3) is 0.211. The zero-order valence-electron chi connectivity index (χ0n) is 14.2. The minimum absolute atomic E-state index is 0.0348. The highest BCUT2D eigenvalue weighted by molar-refractivity contribution is 7.17. The zero-order chi connectivity index (χ0) is 17.7. The average Bonchev–Trinajstić information content (AvgIpc) is 3.39. The molecule has 1 aromatic carbocycles. The normalized spacial score (nSPS) is 16.8. The fourth-order valence-electron chi connectivity index (χ4n) is 3.67. The second-order valence-electron chi connectivity index (χ2n) is 6.60. The summed E-state index contributed by atoms with van der Waals surface area (Å²) in [5.41, 5.74) is 3.86. The molecule has 1 amide bonds. The quantitative estimate of drug-likeness (QED) is 0.595. The summed E-state index contributed by atoms with van der Waals surface area (Å²) in [5.74, 6) is 0.101. The van der Waals surface area contributed by atoms with E-state index in [2.05, 4.69) is 21.1 Å². The monoisotopic (exact) mass is 363 g/mol. The van der Waals surface area contributed by atoms with Crippen LogP contribution in [0, 0.1) is 0 Å². The molecule has 26 heavy (non-hydrogen) atoms. The number of carbonyl (C=O) groups is 1. The van der Waals surface area contributed by atoms with Crippen LogP contribution in [0.5, 0.6) is 0 Å². The van der Waals surface area contributed by atoms with E-state index in [1.807, 2.05) is 47.9 Å². The molecule has 0 saturated heterocycles. The first-order valence-electron chi connectivity index (χ1n) is 8.47. The van der Waals surface area contributed by atoms with Crippen LogP contribution in [0.4, 0.5) is 0 Å². The van der Waals surface area contributed by atoms with E-state index in [0.29, 0.717) is 13.1 Å². The number of hydrogen-bond donors (Lipinski definition) is 1. The third-order valence-electron chi connectivity index (χ3n) is 4.96. The van der Waals surface area contributed by atoms with Gasteiger partial charge in [0.05, 0.1) is 36.0 Å². The molecular formula is C19H17N5OS. The zero-order valence-corrected chi connectivity index (χ0v) is 15.0. The van der Waals surface area contributed by atoms with Crippen molar-refractivity contribution in [3.8, 4) is 0 Å². The lowest BCUT2D eigenvalue weighted by molar-refractivity contribution is 0.0724. The van der Waals surface area contributed by atoms with Gasteiger partial charge in [0.15, 0.2) is 0 Å². The van der Waals surface area contributed by atoms with Crippen molar-refractivity contribution in [2.24, 2.45) is 7.05 Å². The molecule has 3 aromatic heterocycles. The van der Waals surface area contributed by atoms with Gasteiger partial charge in [0.25, 0.3) is 5.91 Å². The molecule has 1 unspecified atom stereocenters. The SMILES string of the molecule is Cn1cc(C2CN(C(=O)c3csc4ccccc34)Cc3[nH]cnc32)cn1. The standard InChI is InChI=1S/C19H17N5OS/c1-23-7-12(6-22-23)14-8-24(9-16-18(14)21-11-20-16)19(25)15-10-26-17-5-3-2-4-13(15)17/h2-7,10-11,14H,8-9H2,1H3,(H,20,21). The maximum Gasteiger partial charge on any atom is 0.255 e. The molecule has 0 saturated carbocycles. The second-order valence-corrected chi connectivity index (χ2v) is 7.51. The molecule has 1 aliphatic rings. The number of aromatic nitrogens is 4. The largest absolute Gasteiger partial charge is 0.347 e. The van der Waals surface area contributed by atoms with Crippen LogP contribution in [-0.4, -0.2) is 37.1 Å². The van der Waals surface area contributed by atoms with Gasteiger partial charge in [-0.05, 0) is 6.07 Å². The molecule has 6 nitrogen and oxygen atoms in total. The van der Waals surface area contributed by atoms with Gasteiger partial charge in [0.2, 0.25) is 0 Å². The number of aryl methyl sites for hydroxylation is 1. The smallest absolute Gasteiger partial charge is 0.255 e. The Bertz CT molecular complexity index is 1110. The first-order valence-corrected chi connectivity index (χ1v) is 9.35. The van der Waals surface area contributed by atoms with Gasteiger partial charge in [0.1, 0.15) is 0 Å². The van der Waals surface area contributed by atoms with Crippen molar-refractivity contribution in [2.45, 2.75) is 12.5 Å². The summed E-state index contributed by atoms with van der Waals surface area (Å²) >= 11 is 1.61. The molecule has 0 fully saturated rings. The topological polar surface area (TPSA) is 66.8 Å². The van der Waals surface area contributed by atoms with Crippen LogP contribution in [0.25, 0.3) is 10.1 Å². The van der Waals surface area contributed by atoms with Crippen molar-refractivity contribution in [3.05, 3.63) is 70.9 Å². The molecule has 0 bridgehead atoms. The number of nitrogens with one attached hydrogen (secondary N) is 1. The summed E-state index contributed by atoms with van der Waals surface area (Å²) in [6.07, 6.45) is 5.57. The summed E-state index contributed by atoms with van der Waals surface area (Å²) in [4.78, 5) is 22.9. The van der Waals surface area contributed by atoms with Gasteiger partial charge in [-0.1, -0.05) is 18.2 Å². The number of thiophene rings is 1. The third-order valence-corrected chi connectivity index (χ3v) is 5.92. The van der Waals surface area contributed by atoms with Gasteiger partial charge >= 0.3 is 0 Å². The lowest BCUT2D eigenvalue weighted by Crippen LogP contribution is -2.38. The van der Waals surface area contributed by atoms with Crippen LogP contribution in [0.2, 0.25) is 0 Å². The van der Waals surface area contributed by atoms with E-state index in [0.717, 1.165) is 32.6 Å². The third kappa shape index (κ3) is 2.35. The first kappa shape index (κ1) is 15.3. The minimum Gasteiger partial charge on any atom is -0.347 e. The summed E-state index contributed by atoms with van der Waals surface area (Å²) in [5, 5.41) is 7.28. The van der Waals surface area contributed by atoms with Crippen LogP contribution in [0.1, 0.15) is 33.2 Å². The van der Waals surface area contributed by atoms with Crippen molar-refractivity contribution < 1.29 is 4.79 Å². The molecule has 4 heterocycles. The minimum atomic E-state index is 0.0348. The number of imidazole rings is 1. The van der Waals surface area contributed by atoms with Crippen LogP contribution in [-0.2, 0) is 13.6 Å². The van der Waals surface area contributed by atoms with E-state index in [4.69, 9.17) is 0 Å². The Kier molecular flexibility index (Phi) is 3.43. The van der Waals surface area contributed by atoms with Crippen LogP contribution < -0.4 is 0 Å². The van der Waals surface area contributed by atoms with Gasteiger partial charge in [-0.2, -0.15) is 5.10 Å². The Morgan fingerprint density at radius 3 is 3.08 bits per heavy atom. The number of aromatic amines is 1. The van der Waals surface area contributed by atoms with E-state index in [1.165, 1.54) is 0 Å². The van der Waals surface area contributed by atoms with Crippen molar-refractivity contribution >= 4 is 27.3 Å². The van der Waals surface area contributed by atoms with E-state index in [9.17, 15) is 4.79 Å². The van der Waals surface area contributed by atoms with E-state index >= 15 is 0 Å². The van der Waals surface area contributed by atoms with E-state index < -0.39 is 0 Å². The van der Waals surface area contributed by atoms with E-state index in [-0.39, 0.29) is 11.8 Å². The Hall–Kier alpha value is -2.93. The highest BCUT2D eigenvalue weighted by Gasteiger charge is 2.33. The molecule has 130 valence electrons. The number of carbonyl (C=O) groups excluding carboxylic acids is 1. The molecule has 1 aliphatic heterocycles. The molecule has 0 spiro atoms. The summed E-state index contributed by atoms with van der Waals surface area (Å²) < 4.78 is 2.92. The van der Waals surface area contributed by atoms with Gasteiger partial charge in [-0.3, -0.25) is 9.48 Å². The first-order chi connectivity index (χ1) is 12.7. The van der Waals surface area contributed by atoms with Crippen molar-refractivity contribution in [1.82, 2.24) is 24.6 Å². The van der Waals surface area contributed by atoms with Gasteiger partial charge in [0, 0.05) is 46.7 Å². The fourth-order valence-corrected chi connectivity index (χ4v) is 4.61. The number of rotatable bonds is 2. The second kappa shape index (κ2) is 5.81. The van der Waals surface area contributed by atoms with Gasteiger partial charge in [-0.25, -0.2) is 4.98 Å². The Labute approximate surface area is 154 Å². The maximum absolute atomic E-state index is 13.3. The number of fused-ring (bicyclic) bond motifs is 2. The molecular weight excluding hydrogens is 346 g/mol. The van der Waals surface area contributed by atoms with Gasteiger partial charge < -0.3 is 9.88 Å². The highest BCUT2D eigenvalue weighted by Crippen LogP contribution is 2.33. The molecule has 1 N–H and O–H groups in total. The Morgan fingerprint density at radius 1 is 1.35 bits per heavy atom. The maximum atomic E-state index is 13.3. The molecule has 4 aromatic rings. The lowest BCUT2D eigenvalue weighted by Gasteiger charge is -2.31. The number of benzene rings is 1. The number of nitrogens with zero attached hydrogens (tertiary/aromatic N) is 4. The molecule has 5 rings (SSSR count). The van der Waals surface area contributed by atoms with Crippen LogP contribution in [0.15, 0.2) is 48.4 Å². The predicted octanol–water partition coefficient (Wildman–Crippen LogP) is 3.15. The molecule has 1 atom stereocenters. The molecule has 7 heteroatoms. The summed E-state index contributed by atoms with van der Waals surface area (Å²) in [6, 6.07) is 8.05. The average molecular weight is 363 g/mol. The molecule has 0 aliphatic carbocycles. The van der Waals surface area contributed by atoms with Gasteiger partial charge in [-0.15, -0.1) is 11.3 Å². The summed E-state index contributed by atoms with van der Waals surface area (Å²) in [7, 11) is 1.90. The number of hydrogen-bond acceptors (Lipinski definition) is 4. The Balaban J connectivity index is 1.53. The molecule has 0 radical (unpaired) electrons. The van der Waals surface area contributed by atoms with Crippen LogP contribution in [0.3, 0.4) is 0 Å². The van der Waals surface area contributed by atoms with Crippen molar-refractivity contribution in [2.75, 3.05) is 6.54 Å². The van der Waals surface area contributed by atoms with Crippen molar-refractivity contribution in [1.29, 1.82) is 0 Å². The van der Waals surface area contributed by atoms with E-state index in [1.54, 1.807) is 22.3 Å². The van der Waals surface area contributed by atoms with Crippen LogP contribution >= 0.6 is 11.3 Å². The Morgan fingerprint density at radius 2 is 2.23 bits per heavy atom. The summed E-state index contributed by atoms with van der Waals surface area (Å²) in [6.45, 7) is 1.15. The number of H-pyrrole nitrogens is 1.